The number of nitrogen functional groups attached to an aromatic ring is 1. The first-order valence-corrected chi connectivity index (χ1v) is 8.15. The molecule has 1 aromatic rings. The molecule has 0 fully saturated rings. The second kappa shape index (κ2) is 6.91. The quantitative estimate of drug-likeness (QED) is 0.639. The lowest BCUT2D eigenvalue weighted by Crippen LogP contribution is -2.35. The largest absolute Gasteiger partial charge is 0.465 e. The predicted octanol–water partition coefficient (Wildman–Crippen LogP) is 1.86. The van der Waals surface area contributed by atoms with Crippen molar-refractivity contribution in [2.75, 3.05) is 19.9 Å². The molecule has 0 aliphatic rings. The minimum Gasteiger partial charge on any atom is -0.465 e. The molecule has 21 heavy (non-hydrogen) atoms. The van der Waals surface area contributed by atoms with Gasteiger partial charge in [0.25, 0.3) is 0 Å². The number of nitrogens with two attached hydrogens (primary N) is 1. The van der Waals surface area contributed by atoms with E-state index in [2.05, 4.69) is 4.74 Å². The minimum atomic E-state index is -3.68. The Kier molecular flexibility index (Phi) is 5.74. The number of nitrogens with zero attached hydrogens (tertiary/aromatic N) is 1. The number of carbonyl (C=O) groups is 1. The molecule has 1 atom stereocenters. The molecule has 0 saturated carbocycles. The van der Waals surface area contributed by atoms with Gasteiger partial charge in [-0.1, -0.05) is 13.3 Å². The van der Waals surface area contributed by atoms with Gasteiger partial charge in [0.15, 0.2) is 0 Å². The summed E-state index contributed by atoms with van der Waals surface area (Å²) in [5.74, 6) is -0.557. The van der Waals surface area contributed by atoms with Gasteiger partial charge >= 0.3 is 5.97 Å². The number of esters is 1. The number of sulfonamides is 1. The van der Waals surface area contributed by atoms with Crippen LogP contribution in [0.1, 0.15) is 37.0 Å². The van der Waals surface area contributed by atoms with Crippen molar-refractivity contribution in [3.63, 3.8) is 0 Å². The maximum atomic E-state index is 12.5. The maximum absolute atomic E-state index is 12.5. The van der Waals surface area contributed by atoms with Gasteiger partial charge in [0, 0.05) is 13.1 Å². The first-order chi connectivity index (χ1) is 9.75. The van der Waals surface area contributed by atoms with Gasteiger partial charge in [0.05, 0.1) is 18.4 Å². The van der Waals surface area contributed by atoms with E-state index in [1.807, 2.05) is 13.8 Å². The highest BCUT2D eigenvalue weighted by Gasteiger charge is 2.27. The van der Waals surface area contributed by atoms with Crippen molar-refractivity contribution < 1.29 is 17.9 Å². The summed E-state index contributed by atoms with van der Waals surface area (Å²) in [7, 11) is -0.900. The molecule has 0 aliphatic carbocycles. The molecule has 7 heteroatoms. The third kappa shape index (κ3) is 3.74. The summed E-state index contributed by atoms with van der Waals surface area (Å²) >= 11 is 0. The molecule has 0 heterocycles. The fourth-order valence-electron chi connectivity index (χ4n) is 2.02. The van der Waals surface area contributed by atoms with E-state index < -0.39 is 16.0 Å². The fourth-order valence-corrected chi connectivity index (χ4v) is 3.51. The lowest BCUT2D eigenvalue weighted by atomic mass is 10.2. The third-order valence-corrected chi connectivity index (χ3v) is 5.46. The van der Waals surface area contributed by atoms with Crippen LogP contribution in [-0.4, -0.2) is 38.9 Å². The first kappa shape index (κ1) is 17.5. The lowest BCUT2D eigenvalue weighted by Gasteiger charge is -2.24. The highest BCUT2D eigenvalue weighted by molar-refractivity contribution is 7.89. The van der Waals surface area contributed by atoms with Crippen molar-refractivity contribution in [1.29, 1.82) is 0 Å². The molecule has 0 radical (unpaired) electrons. The highest BCUT2D eigenvalue weighted by Crippen LogP contribution is 2.25. The highest BCUT2D eigenvalue weighted by atomic mass is 32.2. The Bertz CT molecular complexity index is 613. The number of carbonyl (C=O) groups excluding carboxylic acids is 1. The van der Waals surface area contributed by atoms with Gasteiger partial charge in [-0.15, -0.1) is 0 Å². The van der Waals surface area contributed by atoms with E-state index in [4.69, 9.17) is 5.73 Å². The summed E-state index contributed by atoms with van der Waals surface area (Å²) in [4.78, 5) is 11.4. The van der Waals surface area contributed by atoms with Crippen LogP contribution in [0.4, 0.5) is 5.69 Å². The van der Waals surface area contributed by atoms with Crippen molar-refractivity contribution in [3.05, 3.63) is 23.8 Å². The van der Waals surface area contributed by atoms with E-state index in [1.54, 1.807) is 0 Å². The minimum absolute atomic E-state index is 0.000561. The maximum Gasteiger partial charge on any atom is 0.337 e. The van der Waals surface area contributed by atoms with Crippen LogP contribution in [0.25, 0.3) is 0 Å². The molecule has 1 unspecified atom stereocenters. The Hall–Kier alpha value is -1.60. The van der Waals surface area contributed by atoms with Crippen LogP contribution in [0.3, 0.4) is 0 Å². The van der Waals surface area contributed by atoms with Gasteiger partial charge in [-0.25, -0.2) is 13.2 Å². The van der Waals surface area contributed by atoms with Crippen molar-refractivity contribution in [1.82, 2.24) is 4.31 Å². The Labute approximate surface area is 125 Å². The summed E-state index contributed by atoms with van der Waals surface area (Å²) < 4.78 is 31.0. The van der Waals surface area contributed by atoms with Gasteiger partial charge in [-0.2, -0.15) is 4.31 Å². The first-order valence-electron chi connectivity index (χ1n) is 6.71. The fraction of sp³-hybridized carbons (Fsp3) is 0.500. The summed E-state index contributed by atoms with van der Waals surface area (Å²) in [6.45, 7) is 3.84. The molecule has 0 saturated heterocycles. The number of hydrogen-bond acceptors (Lipinski definition) is 5. The van der Waals surface area contributed by atoms with E-state index in [0.29, 0.717) is 0 Å². The third-order valence-electron chi connectivity index (χ3n) is 3.42. The van der Waals surface area contributed by atoms with Crippen LogP contribution in [0.5, 0.6) is 0 Å². The van der Waals surface area contributed by atoms with Crippen LogP contribution >= 0.6 is 0 Å². The second-order valence-corrected chi connectivity index (χ2v) is 6.87. The average Bonchev–Trinajstić information content (AvgIpc) is 2.45. The SMILES string of the molecule is CCCC(C)N(C)S(=O)(=O)c1ccc(C(=O)OC)cc1N. The standard InChI is InChI=1S/C14H22N2O4S/c1-5-6-10(2)16(3)21(18,19)13-8-7-11(9-12(13)15)14(17)20-4/h7-10H,5-6,15H2,1-4H3. The number of ether oxygens (including phenoxy) is 1. The van der Waals surface area contributed by atoms with Crippen molar-refractivity contribution in [3.8, 4) is 0 Å². The van der Waals surface area contributed by atoms with Gasteiger partial charge < -0.3 is 10.5 Å². The topological polar surface area (TPSA) is 89.7 Å². The lowest BCUT2D eigenvalue weighted by molar-refractivity contribution is 0.0600. The molecule has 2 N–H and O–H groups in total. The van der Waals surface area contributed by atoms with Gasteiger partial charge in [0.2, 0.25) is 10.0 Å². The normalized spacial score (nSPS) is 13.2. The van der Waals surface area contributed by atoms with Crippen molar-refractivity contribution in [2.45, 2.75) is 37.6 Å². The molecular weight excluding hydrogens is 292 g/mol. The molecule has 0 aromatic heterocycles. The number of rotatable bonds is 6. The monoisotopic (exact) mass is 314 g/mol. The molecule has 1 aromatic carbocycles. The number of hydrogen-bond donors (Lipinski definition) is 1. The van der Waals surface area contributed by atoms with Crippen molar-refractivity contribution in [2.24, 2.45) is 0 Å². The molecule has 1 rings (SSSR count). The van der Waals surface area contributed by atoms with Gasteiger partial charge in [-0.3, -0.25) is 0 Å². The van der Waals surface area contributed by atoms with E-state index in [1.165, 1.54) is 36.7 Å². The summed E-state index contributed by atoms with van der Waals surface area (Å²) in [5, 5.41) is 0. The van der Waals surface area contributed by atoms with Gasteiger partial charge in [-0.05, 0) is 31.5 Å². The zero-order chi connectivity index (χ0) is 16.2. The second-order valence-electron chi connectivity index (χ2n) is 4.90. The van der Waals surface area contributed by atoms with Crippen LogP contribution < -0.4 is 5.73 Å². The zero-order valence-corrected chi connectivity index (χ0v) is 13.6. The van der Waals surface area contributed by atoms with Crippen LogP contribution in [-0.2, 0) is 14.8 Å². The molecule has 118 valence electrons. The average molecular weight is 314 g/mol. The molecule has 0 amide bonds. The van der Waals surface area contributed by atoms with E-state index in [-0.39, 0.29) is 22.2 Å². The molecule has 0 spiro atoms. The molecule has 6 nitrogen and oxygen atoms in total. The molecule has 0 aliphatic heterocycles. The van der Waals surface area contributed by atoms with Crippen LogP contribution in [0.15, 0.2) is 23.1 Å². The van der Waals surface area contributed by atoms with Crippen LogP contribution in [0, 0.1) is 0 Å². The predicted molar refractivity (Wildman–Crippen MR) is 81.5 cm³/mol. The number of anilines is 1. The Morgan fingerprint density at radius 2 is 2.05 bits per heavy atom. The zero-order valence-electron chi connectivity index (χ0n) is 12.8. The smallest absolute Gasteiger partial charge is 0.337 e. The Morgan fingerprint density at radius 3 is 2.52 bits per heavy atom. The number of methoxy groups -OCH3 is 1. The van der Waals surface area contributed by atoms with Crippen LogP contribution in [0.2, 0.25) is 0 Å². The van der Waals surface area contributed by atoms with E-state index >= 15 is 0 Å². The van der Waals surface area contributed by atoms with Gasteiger partial charge in [0.1, 0.15) is 4.90 Å². The van der Waals surface area contributed by atoms with E-state index in [9.17, 15) is 13.2 Å². The van der Waals surface area contributed by atoms with E-state index in [0.717, 1.165) is 12.8 Å². The molecular formula is C14H22N2O4S. The summed E-state index contributed by atoms with van der Waals surface area (Å²) in [6.07, 6.45) is 1.65. The Balaban J connectivity index is 3.18. The summed E-state index contributed by atoms with van der Waals surface area (Å²) in [6, 6.07) is 3.93. The summed E-state index contributed by atoms with van der Waals surface area (Å²) in [5.41, 5.74) is 6.05. The van der Waals surface area contributed by atoms with Crippen molar-refractivity contribution >= 4 is 21.7 Å². The molecule has 0 bridgehead atoms. The Morgan fingerprint density at radius 1 is 1.43 bits per heavy atom. The number of benzene rings is 1.